The van der Waals surface area contributed by atoms with Gasteiger partial charge in [0.2, 0.25) is 0 Å². The molecule has 0 radical (unpaired) electrons. The second-order valence-corrected chi connectivity index (χ2v) is 5.80. The molecule has 0 bridgehead atoms. The number of nitrogens with zero attached hydrogens (tertiary/aromatic N) is 3. The number of hydrogen-bond acceptors (Lipinski definition) is 4. The van der Waals surface area contributed by atoms with E-state index in [1.807, 2.05) is 37.3 Å². The molecule has 0 atom stereocenters. The van der Waals surface area contributed by atoms with Gasteiger partial charge in [-0.25, -0.2) is 4.98 Å². The van der Waals surface area contributed by atoms with Crippen molar-refractivity contribution in [2.45, 2.75) is 25.7 Å². The van der Waals surface area contributed by atoms with Crippen molar-refractivity contribution < 1.29 is 4.79 Å². The van der Waals surface area contributed by atoms with Crippen molar-refractivity contribution >= 4 is 22.8 Å². The van der Waals surface area contributed by atoms with Crippen LogP contribution in [0, 0.1) is 6.92 Å². The molecule has 1 aliphatic rings. The highest BCUT2D eigenvalue weighted by Crippen LogP contribution is 2.39. The van der Waals surface area contributed by atoms with Crippen LogP contribution in [0.3, 0.4) is 0 Å². The van der Waals surface area contributed by atoms with Gasteiger partial charge in [0.1, 0.15) is 0 Å². The normalized spacial score (nSPS) is 14.4. The van der Waals surface area contributed by atoms with Crippen molar-refractivity contribution in [3.05, 3.63) is 53.2 Å². The molecule has 3 aromatic rings. The smallest absolute Gasteiger partial charge is 0.280 e. The summed E-state index contributed by atoms with van der Waals surface area (Å²) < 4.78 is 1.33. The van der Waals surface area contributed by atoms with Gasteiger partial charge in [-0.1, -0.05) is 18.2 Å². The Bertz CT molecular complexity index is 893. The Kier molecular flexibility index (Phi) is 2.76. The van der Waals surface area contributed by atoms with Gasteiger partial charge in [-0.05, 0) is 43.5 Å². The molecule has 0 saturated heterocycles. The summed E-state index contributed by atoms with van der Waals surface area (Å²) in [4.78, 5) is 17.4. The molecule has 0 amide bonds. The predicted octanol–water partition coefficient (Wildman–Crippen LogP) is 2.89. The predicted molar refractivity (Wildman–Crippen MR) is 84.8 cm³/mol. The maximum Gasteiger partial charge on any atom is 0.280 e. The van der Waals surface area contributed by atoms with Crippen LogP contribution < -0.4 is 5.73 Å². The molecule has 1 aromatic carbocycles. The number of benzene rings is 1. The average molecular weight is 292 g/mol. The molecular weight excluding hydrogens is 276 g/mol. The van der Waals surface area contributed by atoms with Crippen molar-refractivity contribution in [2.75, 3.05) is 5.73 Å². The first-order valence-electron chi connectivity index (χ1n) is 7.40. The molecule has 0 unspecified atom stereocenters. The van der Waals surface area contributed by atoms with Crippen LogP contribution in [-0.2, 0) is 0 Å². The third-order valence-electron chi connectivity index (χ3n) is 4.14. The van der Waals surface area contributed by atoms with E-state index in [1.165, 1.54) is 4.68 Å². The second-order valence-electron chi connectivity index (χ2n) is 5.80. The van der Waals surface area contributed by atoms with Crippen molar-refractivity contribution in [3.8, 4) is 0 Å². The van der Waals surface area contributed by atoms with E-state index < -0.39 is 0 Å². The summed E-state index contributed by atoms with van der Waals surface area (Å²) in [6.45, 7) is 1.91. The fourth-order valence-electron chi connectivity index (χ4n) is 2.71. The Morgan fingerprint density at radius 1 is 1.23 bits per heavy atom. The van der Waals surface area contributed by atoms with Crippen molar-refractivity contribution in [2.24, 2.45) is 0 Å². The van der Waals surface area contributed by atoms with Gasteiger partial charge in [0.25, 0.3) is 5.91 Å². The molecule has 110 valence electrons. The summed E-state index contributed by atoms with van der Waals surface area (Å²) in [5, 5.41) is 4.94. The third-order valence-corrected chi connectivity index (χ3v) is 4.14. The lowest BCUT2D eigenvalue weighted by atomic mass is 10.1. The number of anilines is 1. The maximum absolute atomic E-state index is 12.8. The van der Waals surface area contributed by atoms with Crippen LogP contribution >= 0.6 is 0 Å². The monoisotopic (exact) mass is 292 g/mol. The number of nitrogens with two attached hydrogens (primary N) is 1. The van der Waals surface area contributed by atoms with E-state index in [9.17, 15) is 4.79 Å². The van der Waals surface area contributed by atoms with Gasteiger partial charge in [-0.15, -0.1) is 5.10 Å². The van der Waals surface area contributed by atoms with Crippen molar-refractivity contribution in [3.63, 3.8) is 0 Å². The van der Waals surface area contributed by atoms with E-state index in [0.29, 0.717) is 22.9 Å². The number of aromatic nitrogens is 3. The molecule has 5 nitrogen and oxygen atoms in total. The number of nitrogen functional groups attached to an aromatic ring is 1. The Morgan fingerprint density at radius 3 is 2.73 bits per heavy atom. The number of carbonyl (C=O) groups is 1. The lowest BCUT2D eigenvalue weighted by Gasteiger charge is -2.05. The van der Waals surface area contributed by atoms with E-state index in [2.05, 4.69) is 10.1 Å². The number of rotatable bonds is 2. The summed E-state index contributed by atoms with van der Waals surface area (Å²) in [7, 11) is 0. The fraction of sp³-hybridized carbons (Fsp3) is 0.235. The first-order valence-corrected chi connectivity index (χ1v) is 7.40. The summed E-state index contributed by atoms with van der Waals surface area (Å²) in [5.41, 5.74) is 9.05. The number of fused-ring (bicyclic) bond motifs is 1. The zero-order valence-corrected chi connectivity index (χ0v) is 12.3. The minimum atomic E-state index is -0.194. The molecule has 1 fully saturated rings. The summed E-state index contributed by atoms with van der Waals surface area (Å²) in [6.07, 6.45) is 2.32. The Labute approximate surface area is 127 Å². The highest BCUT2D eigenvalue weighted by Gasteiger charge is 2.26. The highest BCUT2D eigenvalue weighted by molar-refractivity contribution is 6.03. The highest BCUT2D eigenvalue weighted by atomic mass is 16.2. The van der Waals surface area contributed by atoms with E-state index in [0.717, 1.165) is 29.5 Å². The van der Waals surface area contributed by atoms with Crippen molar-refractivity contribution in [1.82, 2.24) is 14.8 Å². The standard InChI is InChI=1S/C17H16N4O/c1-10-4-2-3-5-12(10)17(22)21-16-13(15(18)20-21)8-9-14(19-16)11-6-7-11/h2-5,8-9,11H,6-7H2,1H3,(H2,18,20). The Hall–Kier alpha value is -2.69. The van der Waals surface area contributed by atoms with E-state index in [4.69, 9.17) is 5.73 Å². The molecule has 1 saturated carbocycles. The van der Waals surface area contributed by atoms with Gasteiger partial charge in [0.15, 0.2) is 11.5 Å². The lowest BCUT2D eigenvalue weighted by Crippen LogP contribution is -2.15. The molecule has 22 heavy (non-hydrogen) atoms. The summed E-state index contributed by atoms with van der Waals surface area (Å²) in [6, 6.07) is 11.4. The SMILES string of the molecule is Cc1ccccc1C(=O)n1nc(N)c2ccc(C3CC3)nc21. The molecular formula is C17H16N4O. The van der Waals surface area contributed by atoms with Gasteiger partial charge in [-0.3, -0.25) is 4.79 Å². The number of hydrogen-bond donors (Lipinski definition) is 1. The van der Waals surface area contributed by atoms with Crippen LogP contribution in [0.1, 0.15) is 40.4 Å². The molecule has 5 heteroatoms. The largest absolute Gasteiger partial charge is 0.382 e. The van der Waals surface area contributed by atoms with Crippen LogP contribution in [-0.4, -0.2) is 20.7 Å². The van der Waals surface area contributed by atoms with E-state index in [-0.39, 0.29) is 5.91 Å². The molecule has 2 aromatic heterocycles. The zero-order chi connectivity index (χ0) is 15.3. The number of carbonyl (C=O) groups excluding carboxylic acids is 1. The molecule has 4 rings (SSSR count). The maximum atomic E-state index is 12.8. The topological polar surface area (TPSA) is 73.8 Å². The van der Waals surface area contributed by atoms with Gasteiger partial charge in [0, 0.05) is 17.2 Å². The van der Waals surface area contributed by atoms with E-state index >= 15 is 0 Å². The van der Waals surface area contributed by atoms with Gasteiger partial charge in [0.05, 0.1) is 5.39 Å². The van der Waals surface area contributed by atoms with Crippen LogP contribution in [0.5, 0.6) is 0 Å². The molecule has 2 heterocycles. The number of pyridine rings is 1. The molecule has 0 spiro atoms. The van der Waals surface area contributed by atoms with Crippen LogP contribution in [0.15, 0.2) is 36.4 Å². The van der Waals surface area contributed by atoms with Gasteiger partial charge in [-0.2, -0.15) is 4.68 Å². The molecule has 0 aliphatic heterocycles. The molecule has 1 aliphatic carbocycles. The summed E-state index contributed by atoms with van der Waals surface area (Å²) >= 11 is 0. The average Bonchev–Trinajstić information content (AvgIpc) is 3.32. The molecule has 2 N–H and O–H groups in total. The Balaban J connectivity index is 1.89. The summed E-state index contributed by atoms with van der Waals surface area (Å²) in [5.74, 6) is 0.662. The first-order chi connectivity index (χ1) is 10.6. The van der Waals surface area contributed by atoms with E-state index in [1.54, 1.807) is 6.07 Å². The van der Waals surface area contributed by atoms with Gasteiger partial charge >= 0.3 is 0 Å². The zero-order valence-electron chi connectivity index (χ0n) is 12.3. The first kappa shape index (κ1) is 13.0. The quantitative estimate of drug-likeness (QED) is 0.788. The lowest BCUT2D eigenvalue weighted by molar-refractivity contribution is 0.0949. The minimum absolute atomic E-state index is 0.194. The second kappa shape index (κ2) is 4.66. The Morgan fingerprint density at radius 2 is 2.00 bits per heavy atom. The van der Waals surface area contributed by atoms with Crippen LogP contribution in [0.2, 0.25) is 0 Å². The third kappa shape index (κ3) is 1.97. The van der Waals surface area contributed by atoms with Crippen LogP contribution in [0.4, 0.5) is 5.82 Å². The minimum Gasteiger partial charge on any atom is -0.382 e. The fourth-order valence-corrected chi connectivity index (χ4v) is 2.71. The van der Waals surface area contributed by atoms with Crippen LogP contribution in [0.25, 0.3) is 11.0 Å². The number of aryl methyl sites for hydroxylation is 1. The van der Waals surface area contributed by atoms with Gasteiger partial charge < -0.3 is 5.73 Å². The van der Waals surface area contributed by atoms with Crippen molar-refractivity contribution in [1.29, 1.82) is 0 Å².